The normalized spacial score (nSPS) is 25.0. The average Bonchev–Trinajstić information content (AvgIpc) is 2.66. The summed E-state index contributed by atoms with van der Waals surface area (Å²) in [7, 11) is 0. The lowest BCUT2D eigenvalue weighted by molar-refractivity contribution is 0.0971. The van der Waals surface area contributed by atoms with Gasteiger partial charge in [-0.1, -0.05) is 6.92 Å². The van der Waals surface area contributed by atoms with Crippen molar-refractivity contribution in [1.29, 1.82) is 0 Å². The van der Waals surface area contributed by atoms with Gasteiger partial charge in [0.25, 0.3) is 0 Å². The van der Waals surface area contributed by atoms with Crippen molar-refractivity contribution >= 4 is 22.4 Å². The van der Waals surface area contributed by atoms with Gasteiger partial charge in [-0.2, -0.15) is 4.37 Å². The molecule has 0 radical (unpaired) electrons. The number of nitrogens with zero attached hydrogens (tertiary/aromatic N) is 2. The minimum atomic E-state index is -0.202. The molecule has 5 nitrogen and oxygen atoms in total. The Bertz CT molecular complexity index is 383. The first-order valence-electron chi connectivity index (χ1n) is 5.94. The molecule has 1 aromatic heterocycles. The molecule has 1 aromatic rings. The smallest absolute Gasteiger partial charge is 0.197 e. The molecule has 2 unspecified atom stereocenters. The Hall–Kier alpha value is -1.01. The highest BCUT2D eigenvalue weighted by Gasteiger charge is 2.28. The number of rotatable bonds is 3. The van der Waals surface area contributed by atoms with Crippen molar-refractivity contribution in [3.05, 3.63) is 0 Å². The molecule has 1 saturated heterocycles. The molecule has 2 heterocycles. The summed E-state index contributed by atoms with van der Waals surface area (Å²) in [6.45, 7) is 6.22. The highest BCUT2D eigenvalue weighted by atomic mass is 32.1. The highest BCUT2D eigenvalue weighted by Crippen LogP contribution is 2.39. The first-order chi connectivity index (χ1) is 8.13. The van der Waals surface area contributed by atoms with Gasteiger partial charge in [0.15, 0.2) is 16.6 Å². The number of aliphatic hydroxyl groups excluding tert-OH is 1. The second-order valence-corrected chi connectivity index (χ2v) is 5.17. The largest absolute Gasteiger partial charge is 0.487 e. The predicted octanol–water partition coefficient (Wildman–Crippen LogP) is 1.33. The Morgan fingerprint density at radius 2 is 2.41 bits per heavy atom. The van der Waals surface area contributed by atoms with Crippen molar-refractivity contribution in [1.82, 2.24) is 4.37 Å². The molecular weight excluding hydrogens is 238 g/mol. The fourth-order valence-electron chi connectivity index (χ4n) is 2.08. The van der Waals surface area contributed by atoms with Gasteiger partial charge < -0.3 is 20.5 Å². The van der Waals surface area contributed by atoms with Gasteiger partial charge in [0.1, 0.15) is 0 Å². The molecule has 0 saturated carbocycles. The summed E-state index contributed by atoms with van der Waals surface area (Å²) in [5, 5.41) is 10.7. The van der Waals surface area contributed by atoms with Crippen molar-refractivity contribution < 1.29 is 9.84 Å². The van der Waals surface area contributed by atoms with E-state index in [2.05, 4.69) is 16.2 Å². The van der Waals surface area contributed by atoms with Crippen molar-refractivity contribution in [2.45, 2.75) is 26.4 Å². The Kier molecular flexibility index (Phi) is 3.73. The molecular formula is C11H19N3O2S. The first-order valence-corrected chi connectivity index (χ1v) is 6.71. The lowest BCUT2D eigenvalue weighted by atomic mass is 9.97. The molecule has 1 fully saturated rings. The fourth-order valence-corrected chi connectivity index (χ4v) is 2.88. The van der Waals surface area contributed by atoms with Crippen LogP contribution in [0.3, 0.4) is 0 Å². The van der Waals surface area contributed by atoms with Gasteiger partial charge in [-0.3, -0.25) is 0 Å². The Morgan fingerprint density at radius 1 is 1.65 bits per heavy atom. The van der Waals surface area contributed by atoms with E-state index < -0.39 is 0 Å². The van der Waals surface area contributed by atoms with E-state index in [0.717, 1.165) is 24.5 Å². The summed E-state index contributed by atoms with van der Waals surface area (Å²) in [5.74, 6) is 1.42. The van der Waals surface area contributed by atoms with Crippen LogP contribution in [0.15, 0.2) is 0 Å². The van der Waals surface area contributed by atoms with Gasteiger partial charge in [0, 0.05) is 13.1 Å². The zero-order valence-electron chi connectivity index (χ0n) is 10.2. The number of nitrogen functional groups attached to an aromatic ring is 1. The van der Waals surface area contributed by atoms with Crippen LogP contribution in [0.25, 0.3) is 0 Å². The van der Waals surface area contributed by atoms with Crippen LogP contribution in [-0.4, -0.2) is 35.3 Å². The lowest BCUT2D eigenvalue weighted by Gasteiger charge is -2.35. The van der Waals surface area contributed by atoms with Gasteiger partial charge in [0.2, 0.25) is 0 Å². The van der Waals surface area contributed by atoms with Gasteiger partial charge in [-0.25, -0.2) is 0 Å². The topological polar surface area (TPSA) is 71.6 Å². The van der Waals surface area contributed by atoms with E-state index in [4.69, 9.17) is 10.5 Å². The van der Waals surface area contributed by atoms with Crippen molar-refractivity contribution in [3.63, 3.8) is 0 Å². The van der Waals surface area contributed by atoms with Crippen LogP contribution >= 0.6 is 11.5 Å². The summed E-state index contributed by atoms with van der Waals surface area (Å²) >= 11 is 1.37. The standard InChI is InChI=1S/C11H19N3O2S/c1-3-16-9-10(12)13-17-11(9)14-5-4-8(15)7(2)6-14/h7-8,15H,3-6H2,1-2H3,(H2,12,13). The predicted molar refractivity (Wildman–Crippen MR) is 69.7 cm³/mol. The molecule has 17 heavy (non-hydrogen) atoms. The maximum absolute atomic E-state index is 9.73. The molecule has 3 N–H and O–H groups in total. The van der Waals surface area contributed by atoms with E-state index >= 15 is 0 Å². The summed E-state index contributed by atoms with van der Waals surface area (Å²) < 4.78 is 9.69. The zero-order chi connectivity index (χ0) is 12.4. The van der Waals surface area contributed by atoms with Gasteiger partial charge >= 0.3 is 0 Å². The number of piperidine rings is 1. The van der Waals surface area contributed by atoms with E-state index in [1.165, 1.54) is 11.5 Å². The number of aliphatic hydroxyl groups is 1. The van der Waals surface area contributed by atoms with Crippen LogP contribution in [0, 0.1) is 5.92 Å². The van der Waals surface area contributed by atoms with E-state index in [0.29, 0.717) is 18.2 Å². The van der Waals surface area contributed by atoms with Crippen LogP contribution in [0.4, 0.5) is 10.8 Å². The minimum Gasteiger partial charge on any atom is -0.487 e. The van der Waals surface area contributed by atoms with Crippen molar-refractivity contribution in [2.75, 3.05) is 30.3 Å². The summed E-state index contributed by atoms with van der Waals surface area (Å²) in [6, 6.07) is 0. The first kappa shape index (κ1) is 12.4. The number of aromatic nitrogens is 1. The number of ether oxygens (including phenoxy) is 1. The van der Waals surface area contributed by atoms with Crippen LogP contribution in [0.2, 0.25) is 0 Å². The van der Waals surface area contributed by atoms with E-state index in [1.807, 2.05) is 6.92 Å². The molecule has 0 spiro atoms. The summed E-state index contributed by atoms with van der Waals surface area (Å²) in [5.41, 5.74) is 5.79. The number of anilines is 2. The highest BCUT2D eigenvalue weighted by molar-refractivity contribution is 7.11. The number of nitrogens with two attached hydrogens (primary N) is 1. The lowest BCUT2D eigenvalue weighted by Crippen LogP contribution is -2.41. The molecule has 1 aliphatic heterocycles. The summed E-state index contributed by atoms with van der Waals surface area (Å²) in [6.07, 6.45) is 0.580. The van der Waals surface area contributed by atoms with E-state index in [9.17, 15) is 5.11 Å². The van der Waals surface area contributed by atoms with Crippen LogP contribution in [0.1, 0.15) is 20.3 Å². The molecule has 0 aromatic carbocycles. The van der Waals surface area contributed by atoms with Gasteiger partial charge in [-0.05, 0) is 30.8 Å². The Labute approximate surface area is 105 Å². The van der Waals surface area contributed by atoms with Gasteiger partial charge in [-0.15, -0.1) is 0 Å². The number of hydrogen-bond acceptors (Lipinski definition) is 6. The second-order valence-electron chi connectivity index (χ2n) is 4.41. The summed E-state index contributed by atoms with van der Waals surface area (Å²) in [4.78, 5) is 2.20. The van der Waals surface area contributed by atoms with Crippen LogP contribution < -0.4 is 15.4 Å². The second kappa shape index (κ2) is 5.10. The molecule has 6 heteroatoms. The van der Waals surface area contributed by atoms with Crippen molar-refractivity contribution in [3.8, 4) is 5.75 Å². The number of hydrogen-bond donors (Lipinski definition) is 2. The molecule has 0 bridgehead atoms. The molecule has 0 amide bonds. The molecule has 96 valence electrons. The average molecular weight is 257 g/mol. The quantitative estimate of drug-likeness (QED) is 0.854. The third kappa shape index (κ3) is 2.47. The maximum atomic E-state index is 9.73. The molecule has 1 aliphatic rings. The SMILES string of the molecule is CCOc1c(N)nsc1N1CCC(O)C(C)C1. The third-order valence-electron chi connectivity index (χ3n) is 3.09. The van der Waals surface area contributed by atoms with Crippen molar-refractivity contribution in [2.24, 2.45) is 5.92 Å². The molecule has 0 aliphatic carbocycles. The molecule has 2 atom stereocenters. The maximum Gasteiger partial charge on any atom is 0.197 e. The zero-order valence-corrected chi connectivity index (χ0v) is 11.0. The fraction of sp³-hybridized carbons (Fsp3) is 0.727. The minimum absolute atomic E-state index is 0.202. The Balaban J connectivity index is 2.17. The third-order valence-corrected chi connectivity index (χ3v) is 4.00. The van der Waals surface area contributed by atoms with Crippen LogP contribution in [-0.2, 0) is 0 Å². The Morgan fingerprint density at radius 3 is 3.06 bits per heavy atom. The van der Waals surface area contributed by atoms with Gasteiger partial charge in [0.05, 0.1) is 12.7 Å². The monoisotopic (exact) mass is 257 g/mol. The molecule has 2 rings (SSSR count). The van der Waals surface area contributed by atoms with Crippen LogP contribution in [0.5, 0.6) is 5.75 Å². The van der Waals surface area contributed by atoms with E-state index in [1.54, 1.807) is 0 Å². The van der Waals surface area contributed by atoms with E-state index in [-0.39, 0.29) is 12.0 Å².